The molecular weight excluding hydrogens is 481 g/mol. The Labute approximate surface area is 181 Å². The van der Waals surface area contributed by atoms with Gasteiger partial charge in [0, 0.05) is 12.1 Å². The van der Waals surface area contributed by atoms with Gasteiger partial charge in [-0.05, 0) is 37.3 Å². The normalized spacial score (nSPS) is 14.5. The monoisotopic (exact) mass is 501 g/mol. The molecule has 0 aliphatic rings. The fourth-order valence-electron chi connectivity index (χ4n) is 3.02. The summed E-state index contributed by atoms with van der Waals surface area (Å²) in [5.41, 5.74) is 4.37. The topological polar surface area (TPSA) is 91.0 Å². The van der Waals surface area contributed by atoms with Crippen molar-refractivity contribution in [1.82, 2.24) is 0 Å². The van der Waals surface area contributed by atoms with Crippen LogP contribution in [0.5, 0.6) is 17.2 Å². The number of halogens is 9. The molecule has 0 heterocycles. The molecule has 0 fully saturated rings. The van der Waals surface area contributed by atoms with Crippen molar-refractivity contribution in [2.75, 3.05) is 6.54 Å². The van der Waals surface area contributed by atoms with Gasteiger partial charge in [-0.25, -0.2) is 0 Å². The molecule has 190 valence electrons. The largest absolute Gasteiger partial charge is 0.573 e. The summed E-state index contributed by atoms with van der Waals surface area (Å²) in [7, 11) is 0. The fourth-order valence-corrected chi connectivity index (χ4v) is 3.02. The van der Waals surface area contributed by atoms with Gasteiger partial charge >= 0.3 is 25.1 Å². The summed E-state index contributed by atoms with van der Waals surface area (Å²) in [6.07, 6.45) is -17.1. The first-order valence-corrected chi connectivity index (χ1v) is 9.31. The van der Waals surface area contributed by atoms with E-state index in [1.165, 1.54) is 0 Å². The van der Waals surface area contributed by atoms with Crippen LogP contribution in [0.1, 0.15) is 31.7 Å². The summed E-state index contributed by atoms with van der Waals surface area (Å²) < 4.78 is 126. The summed E-state index contributed by atoms with van der Waals surface area (Å²) >= 11 is 0. The van der Waals surface area contributed by atoms with Crippen LogP contribution >= 0.6 is 0 Å². The van der Waals surface area contributed by atoms with E-state index in [0.29, 0.717) is 6.07 Å². The molecule has 0 bridgehead atoms. The van der Waals surface area contributed by atoms with Crippen LogP contribution in [0.4, 0.5) is 39.5 Å². The minimum Gasteiger partial charge on any atom is -0.481 e. The van der Waals surface area contributed by atoms with Crippen LogP contribution in [0.15, 0.2) is 12.1 Å². The molecule has 0 aliphatic carbocycles. The number of rotatable bonds is 11. The summed E-state index contributed by atoms with van der Waals surface area (Å²) in [5, 5.41) is 9.10. The average Bonchev–Trinajstić information content (AvgIpc) is 2.62. The third kappa shape index (κ3) is 10.3. The summed E-state index contributed by atoms with van der Waals surface area (Å²) in [6, 6.07) is 0.569. The zero-order valence-electron chi connectivity index (χ0n) is 16.9. The van der Waals surface area contributed by atoms with Crippen molar-refractivity contribution < 1.29 is 63.6 Å². The van der Waals surface area contributed by atoms with Gasteiger partial charge < -0.3 is 25.1 Å². The minimum absolute atomic E-state index is 0.0635. The minimum atomic E-state index is -5.58. The molecule has 1 aromatic rings. The number of hydrogen-bond acceptors (Lipinski definition) is 5. The zero-order chi connectivity index (χ0) is 25.6. The third-order valence-corrected chi connectivity index (χ3v) is 4.48. The lowest BCUT2D eigenvalue weighted by Gasteiger charge is -2.23. The van der Waals surface area contributed by atoms with E-state index in [4.69, 9.17) is 10.8 Å². The quantitative estimate of drug-likeness (QED) is 0.395. The third-order valence-electron chi connectivity index (χ3n) is 4.48. The van der Waals surface area contributed by atoms with Crippen molar-refractivity contribution >= 4 is 5.97 Å². The van der Waals surface area contributed by atoms with E-state index in [1.807, 2.05) is 0 Å². The Hall–Kier alpha value is -2.58. The number of nitrogens with two attached hydrogens (primary N) is 1. The van der Waals surface area contributed by atoms with Gasteiger partial charge in [0.25, 0.3) is 0 Å². The summed E-state index contributed by atoms with van der Waals surface area (Å²) in [5.74, 6) is -7.24. The van der Waals surface area contributed by atoms with Crippen LogP contribution < -0.4 is 19.9 Å². The Morgan fingerprint density at radius 3 is 1.85 bits per heavy atom. The molecule has 0 aliphatic heterocycles. The SMILES string of the molecule is CCC(CCc1c(OC(F)(F)F)ccc(OC(F)(F)F)c1OC(F)(F)F)CC(CN)C(=O)O. The van der Waals surface area contributed by atoms with Crippen LogP contribution in [-0.4, -0.2) is 36.7 Å². The summed E-state index contributed by atoms with van der Waals surface area (Å²) in [6.45, 7) is 1.31. The lowest BCUT2D eigenvalue weighted by Crippen LogP contribution is -2.26. The molecule has 2 unspecified atom stereocenters. The van der Waals surface area contributed by atoms with Crippen molar-refractivity contribution in [2.24, 2.45) is 17.6 Å². The highest BCUT2D eigenvalue weighted by atomic mass is 19.4. The first-order chi connectivity index (χ1) is 15.0. The van der Waals surface area contributed by atoms with Crippen LogP contribution in [0.25, 0.3) is 0 Å². The van der Waals surface area contributed by atoms with Crippen molar-refractivity contribution in [3.8, 4) is 17.2 Å². The van der Waals surface area contributed by atoms with Crippen molar-refractivity contribution in [1.29, 1.82) is 0 Å². The Kier molecular flexibility index (Phi) is 9.51. The molecule has 2 atom stereocenters. The maximum absolute atomic E-state index is 12.9. The lowest BCUT2D eigenvalue weighted by molar-refractivity contribution is -0.288. The molecular formula is C18H20F9NO5. The van der Waals surface area contributed by atoms with E-state index in [0.717, 1.165) is 0 Å². The average molecular weight is 501 g/mol. The number of alkyl halides is 9. The highest BCUT2D eigenvalue weighted by molar-refractivity contribution is 5.70. The predicted molar refractivity (Wildman–Crippen MR) is 93.4 cm³/mol. The van der Waals surface area contributed by atoms with Gasteiger partial charge in [-0.2, -0.15) is 0 Å². The van der Waals surface area contributed by atoms with Gasteiger partial charge in [0.15, 0.2) is 11.5 Å². The first kappa shape index (κ1) is 28.5. The van der Waals surface area contributed by atoms with Crippen LogP contribution in [0.3, 0.4) is 0 Å². The zero-order valence-corrected chi connectivity index (χ0v) is 16.9. The van der Waals surface area contributed by atoms with Crippen molar-refractivity contribution in [2.45, 2.75) is 51.7 Å². The van der Waals surface area contributed by atoms with Gasteiger partial charge in [0.05, 0.1) is 5.92 Å². The van der Waals surface area contributed by atoms with E-state index in [-0.39, 0.29) is 31.9 Å². The van der Waals surface area contributed by atoms with E-state index in [1.54, 1.807) is 6.92 Å². The van der Waals surface area contributed by atoms with Crippen molar-refractivity contribution in [3.63, 3.8) is 0 Å². The maximum atomic E-state index is 12.9. The first-order valence-electron chi connectivity index (χ1n) is 9.31. The van der Waals surface area contributed by atoms with Gasteiger partial charge in [-0.1, -0.05) is 13.3 Å². The number of hydrogen-bond donors (Lipinski definition) is 2. The molecule has 0 saturated heterocycles. The van der Waals surface area contributed by atoms with E-state index in [2.05, 4.69) is 14.2 Å². The van der Waals surface area contributed by atoms with E-state index < -0.39 is 66.1 Å². The Balaban J connectivity index is 3.45. The molecule has 0 spiro atoms. The number of carbonyl (C=O) groups is 1. The number of aliphatic carboxylic acids is 1. The van der Waals surface area contributed by atoms with E-state index >= 15 is 0 Å². The second-order valence-electron chi connectivity index (χ2n) is 6.83. The Bertz CT molecular complexity index is 793. The smallest absolute Gasteiger partial charge is 0.481 e. The fraction of sp³-hybridized carbons (Fsp3) is 0.611. The second-order valence-corrected chi connectivity index (χ2v) is 6.83. The molecule has 0 radical (unpaired) electrons. The number of carboxylic acids is 1. The molecule has 0 saturated carbocycles. The standard InChI is InChI=1S/C18H20F9NO5/c1-2-9(7-10(8-28)15(29)30)3-4-11-12(31-16(19,20)21)5-6-13(32-17(22,23)24)14(11)33-18(25,26)27/h5-6,9-10H,2-4,7-8,28H2,1H3,(H,29,30). The van der Waals surface area contributed by atoms with Crippen molar-refractivity contribution in [3.05, 3.63) is 17.7 Å². The number of carboxylic acid groups (broad SMARTS) is 1. The Morgan fingerprint density at radius 2 is 1.42 bits per heavy atom. The second kappa shape index (κ2) is 11.0. The molecule has 1 aromatic carbocycles. The molecule has 0 aromatic heterocycles. The molecule has 3 N–H and O–H groups in total. The van der Waals surface area contributed by atoms with Gasteiger partial charge in [-0.3, -0.25) is 4.79 Å². The van der Waals surface area contributed by atoms with Gasteiger partial charge in [-0.15, -0.1) is 39.5 Å². The summed E-state index contributed by atoms with van der Waals surface area (Å²) in [4.78, 5) is 11.2. The van der Waals surface area contributed by atoms with Gasteiger partial charge in [0.1, 0.15) is 5.75 Å². The maximum Gasteiger partial charge on any atom is 0.573 e. The Morgan fingerprint density at radius 1 is 0.939 bits per heavy atom. The van der Waals surface area contributed by atoms with Crippen LogP contribution in [0, 0.1) is 11.8 Å². The number of ether oxygens (including phenoxy) is 3. The lowest BCUT2D eigenvalue weighted by atomic mass is 9.87. The van der Waals surface area contributed by atoms with Gasteiger partial charge in [0.2, 0.25) is 0 Å². The molecule has 1 rings (SSSR count). The molecule has 33 heavy (non-hydrogen) atoms. The molecule has 15 heteroatoms. The molecule has 6 nitrogen and oxygen atoms in total. The van der Waals surface area contributed by atoms with Crippen LogP contribution in [0.2, 0.25) is 0 Å². The highest BCUT2D eigenvalue weighted by Crippen LogP contribution is 2.45. The van der Waals surface area contributed by atoms with E-state index in [9.17, 15) is 44.3 Å². The number of benzene rings is 1. The highest BCUT2D eigenvalue weighted by Gasteiger charge is 2.40. The predicted octanol–water partition coefficient (Wildman–Crippen LogP) is 5.39. The molecule has 0 amide bonds. The van der Waals surface area contributed by atoms with Crippen LogP contribution in [-0.2, 0) is 11.2 Å².